The van der Waals surface area contributed by atoms with Gasteiger partial charge in [-0.05, 0) is 49.9 Å². The number of hydrogen-bond donors (Lipinski definition) is 2. The highest BCUT2D eigenvalue weighted by atomic mass is 16.4. The molecule has 0 amide bonds. The van der Waals surface area contributed by atoms with Gasteiger partial charge in [-0.15, -0.1) is 0 Å². The van der Waals surface area contributed by atoms with Crippen molar-refractivity contribution in [1.29, 1.82) is 0 Å². The first-order chi connectivity index (χ1) is 11.1. The maximum Gasteiger partial charge on any atom is 0.306 e. The van der Waals surface area contributed by atoms with Crippen molar-refractivity contribution in [3.8, 4) is 0 Å². The number of aromatic amines is 1. The lowest BCUT2D eigenvalue weighted by atomic mass is 9.76. The topological polar surface area (TPSA) is 56.3 Å². The van der Waals surface area contributed by atoms with Crippen LogP contribution in [0.5, 0.6) is 0 Å². The number of fused-ring (bicyclic) bond motifs is 4. The molecule has 2 aromatic rings. The molecule has 1 aromatic heterocycles. The van der Waals surface area contributed by atoms with Crippen molar-refractivity contribution in [2.75, 3.05) is 19.6 Å². The Hall–Kier alpha value is -1.81. The molecular formula is C19H24N2O2. The monoisotopic (exact) mass is 312 g/mol. The SMILES string of the molecule is CC(Cc1c(C2CN3CCC2CC3)[nH]c2ccccc12)C(=O)O. The van der Waals surface area contributed by atoms with Crippen molar-refractivity contribution in [3.05, 3.63) is 35.5 Å². The minimum absolute atomic E-state index is 0.353. The van der Waals surface area contributed by atoms with E-state index in [0.29, 0.717) is 12.3 Å². The van der Waals surface area contributed by atoms with Crippen LogP contribution in [0.1, 0.15) is 36.9 Å². The number of para-hydroxylation sites is 1. The van der Waals surface area contributed by atoms with E-state index in [0.717, 1.165) is 18.0 Å². The van der Waals surface area contributed by atoms with E-state index in [4.69, 9.17) is 0 Å². The van der Waals surface area contributed by atoms with Crippen molar-refractivity contribution in [3.63, 3.8) is 0 Å². The van der Waals surface area contributed by atoms with E-state index in [-0.39, 0.29) is 5.92 Å². The predicted octanol–water partition coefficient (Wildman–Crippen LogP) is 3.24. The van der Waals surface area contributed by atoms with Crippen molar-refractivity contribution >= 4 is 16.9 Å². The number of piperidine rings is 3. The van der Waals surface area contributed by atoms with Crippen LogP contribution in [0.2, 0.25) is 0 Å². The molecule has 5 rings (SSSR count). The van der Waals surface area contributed by atoms with Gasteiger partial charge in [0.25, 0.3) is 0 Å². The fraction of sp³-hybridized carbons (Fsp3) is 0.526. The maximum atomic E-state index is 11.4. The molecule has 0 radical (unpaired) electrons. The Kier molecular flexibility index (Phi) is 3.64. The van der Waals surface area contributed by atoms with Gasteiger partial charge in [-0.2, -0.15) is 0 Å². The van der Waals surface area contributed by atoms with E-state index in [1.54, 1.807) is 0 Å². The summed E-state index contributed by atoms with van der Waals surface area (Å²) in [6, 6.07) is 8.32. The molecule has 0 saturated carbocycles. The molecular weight excluding hydrogens is 288 g/mol. The number of aliphatic carboxylic acids is 1. The number of nitrogens with one attached hydrogen (secondary N) is 1. The second-order valence-electron chi connectivity index (χ2n) is 7.25. The summed E-state index contributed by atoms with van der Waals surface area (Å²) in [5.74, 6) is 0.206. The number of carboxylic acids is 1. The van der Waals surface area contributed by atoms with Gasteiger partial charge in [0.05, 0.1) is 5.92 Å². The van der Waals surface area contributed by atoms with Gasteiger partial charge in [0.1, 0.15) is 0 Å². The fourth-order valence-electron chi connectivity index (χ4n) is 4.44. The molecule has 2 unspecified atom stereocenters. The van der Waals surface area contributed by atoms with Gasteiger partial charge in [0.15, 0.2) is 0 Å². The van der Waals surface area contributed by atoms with Gasteiger partial charge < -0.3 is 15.0 Å². The molecule has 122 valence electrons. The smallest absolute Gasteiger partial charge is 0.306 e. The Balaban J connectivity index is 1.77. The molecule has 4 heterocycles. The van der Waals surface area contributed by atoms with Crippen LogP contribution < -0.4 is 0 Å². The van der Waals surface area contributed by atoms with Crippen LogP contribution in [0.25, 0.3) is 10.9 Å². The number of H-pyrrole nitrogens is 1. The molecule has 3 saturated heterocycles. The minimum Gasteiger partial charge on any atom is -0.481 e. The molecule has 2 bridgehead atoms. The number of carbonyl (C=O) groups is 1. The van der Waals surface area contributed by atoms with Gasteiger partial charge in [-0.1, -0.05) is 25.1 Å². The summed E-state index contributed by atoms with van der Waals surface area (Å²) in [6.07, 6.45) is 3.15. The Morgan fingerprint density at radius 2 is 2.09 bits per heavy atom. The summed E-state index contributed by atoms with van der Waals surface area (Å²) in [5, 5.41) is 10.5. The zero-order valence-corrected chi connectivity index (χ0v) is 13.6. The summed E-state index contributed by atoms with van der Waals surface area (Å²) < 4.78 is 0. The van der Waals surface area contributed by atoms with Crippen molar-refractivity contribution in [2.24, 2.45) is 11.8 Å². The second kappa shape index (κ2) is 5.68. The molecule has 3 aliphatic rings. The largest absolute Gasteiger partial charge is 0.481 e. The Morgan fingerprint density at radius 3 is 2.74 bits per heavy atom. The highest BCUT2D eigenvalue weighted by Gasteiger charge is 2.37. The molecule has 3 fully saturated rings. The number of aromatic nitrogens is 1. The molecule has 0 aliphatic carbocycles. The standard InChI is InChI=1S/C19H24N2O2/c1-12(19(22)23)10-15-14-4-2-3-5-17(14)20-18(15)16-11-21-8-6-13(16)7-9-21/h2-5,12-13,16,20H,6-11H2,1H3,(H,22,23). The van der Waals surface area contributed by atoms with Crippen LogP contribution in [0.3, 0.4) is 0 Å². The third-order valence-electron chi connectivity index (χ3n) is 5.81. The third kappa shape index (κ3) is 2.55. The van der Waals surface area contributed by atoms with Crippen LogP contribution >= 0.6 is 0 Å². The van der Waals surface area contributed by atoms with Crippen molar-refractivity contribution in [1.82, 2.24) is 9.88 Å². The van der Waals surface area contributed by atoms with Gasteiger partial charge in [-0.3, -0.25) is 4.79 Å². The van der Waals surface area contributed by atoms with Crippen molar-refractivity contribution in [2.45, 2.75) is 32.1 Å². The van der Waals surface area contributed by atoms with Gasteiger partial charge in [0.2, 0.25) is 0 Å². The average Bonchev–Trinajstić information content (AvgIpc) is 2.94. The lowest BCUT2D eigenvalue weighted by Gasteiger charge is -2.45. The molecule has 1 aromatic carbocycles. The average molecular weight is 312 g/mol. The first-order valence-corrected chi connectivity index (χ1v) is 8.68. The lowest BCUT2D eigenvalue weighted by molar-refractivity contribution is -0.141. The first kappa shape index (κ1) is 14.8. The number of nitrogens with zero attached hydrogens (tertiary/aromatic N) is 1. The molecule has 3 aliphatic heterocycles. The Labute approximate surface area is 136 Å². The number of carboxylic acid groups (broad SMARTS) is 1. The number of hydrogen-bond acceptors (Lipinski definition) is 2. The fourth-order valence-corrected chi connectivity index (χ4v) is 4.44. The molecule has 23 heavy (non-hydrogen) atoms. The van der Waals surface area contributed by atoms with Gasteiger partial charge in [0, 0.05) is 29.1 Å². The molecule has 0 spiro atoms. The van der Waals surface area contributed by atoms with Crippen molar-refractivity contribution < 1.29 is 9.90 Å². The van der Waals surface area contributed by atoms with E-state index in [2.05, 4.69) is 22.0 Å². The zero-order chi connectivity index (χ0) is 16.0. The van der Waals surface area contributed by atoms with Crippen LogP contribution in [0.15, 0.2) is 24.3 Å². The molecule has 2 N–H and O–H groups in total. The summed E-state index contributed by atoms with van der Waals surface area (Å²) in [6.45, 7) is 5.38. The maximum absolute atomic E-state index is 11.4. The van der Waals surface area contributed by atoms with Crippen LogP contribution in [0, 0.1) is 11.8 Å². The summed E-state index contributed by atoms with van der Waals surface area (Å²) in [4.78, 5) is 17.6. The minimum atomic E-state index is -0.713. The normalized spacial score (nSPS) is 28.1. The quantitative estimate of drug-likeness (QED) is 0.911. The summed E-state index contributed by atoms with van der Waals surface area (Å²) in [7, 11) is 0. The Morgan fingerprint density at radius 1 is 1.35 bits per heavy atom. The highest BCUT2D eigenvalue weighted by Crippen LogP contribution is 2.41. The first-order valence-electron chi connectivity index (χ1n) is 8.68. The number of rotatable bonds is 4. The van der Waals surface area contributed by atoms with E-state index in [9.17, 15) is 9.90 Å². The second-order valence-corrected chi connectivity index (χ2v) is 7.25. The summed E-state index contributed by atoms with van der Waals surface area (Å²) in [5.41, 5.74) is 3.68. The molecule has 4 nitrogen and oxygen atoms in total. The van der Waals surface area contributed by atoms with Crippen LogP contribution in [-0.4, -0.2) is 40.6 Å². The van der Waals surface area contributed by atoms with Crippen LogP contribution in [0.4, 0.5) is 0 Å². The zero-order valence-electron chi connectivity index (χ0n) is 13.6. The van der Waals surface area contributed by atoms with E-state index < -0.39 is 5.97 Å². The predicted molar refractivity (Wildman–Crippen MR) is 90.7 cm³/mol. The number of benzene rings is 1. The lowest BCUT2D eigenvalue weighted by Crippen LogP contribution is -2.46. The van der Waals surface area contributed by atoms with Crippen LogP contribution in [-0.2, 0) is 11.2 Å². The van der Waals surface area contributed by atoms with E-state index >= 15 is 0 Å². The molecule has 4 heteroatoms. The summed E-state index contributed by atoms with van der Waals surface area (Å²) >= 11 is 0. The molecule has 2 atom stereocenters. The van der Waals surface area contributed by atoms with Gasteiger partial charge >= 0.3 is 5.97 Å². The van der Waals surface area contributed by atoms with E-state index in [1.165, 1.54) is 42.6 Å². The highest BCUT2D eigenvalue weighted by molar-refractivity contribution is 5.85. The van der Waals surface area contributed by atoms with E-state index in [1.807, 2.05) is 19.1 Å². The van der Waals surface area contributed by atoms with Gasteiger partial charge in [-0.25, -0.2) is 0 Å². The Bertz CT molecular complexity index is 728. The third-order valence-corrected chi connectivity index (χ3v) is 5.81.